The smallest absolute Gasteiger partial charge is 0.244 e. The second-order valence-corrected chi connectivity index (χ2v) is 6.38. The third-order valence-corrected chi connectivity index (χ3v) is 4.65. The first kappa shape index (κ1) is 16.5. The molecule has 0 saturated carbocycles. The summed E-state index contributed by atoms with van der Waals surface area (Å²) in [6.45, 7) is 1.91. The van der Waals surface area contributed by atoms with Gasteiger partial charge in [0, 0.05) is 23.2 Å². The standard InChI is InChI=1S/C17H16ClN3O2S/c1-11(12-5-3-4-6-14(12)23-2)19-15(22)8-7-13-16(18)20-17-21(13)9-10-24-17/h3-11H,1-2H3,(H,19,22)/b8-7+. The number of hydrogen-bond acceptors (Lipinski definition) is 4. The number of hydrogen-bond donors (Lipinski definition) is 1. The van der Waals surface area contributed by atoms with Crippen LogP contribution in [-0.4, -0.2) is 22.4 Å². The maximum Gasteiger partial charge on any atom is 0.244 e. The van der Waals surface area contributed by atoms with E-state index in [-0.39, 0.29) is 11.9 Å². The zero-order valence-corrected chi connectivity index (χ0v) is 14.8. The molecule has 1 aromatic carbocycles. The summed E-state index contributed by atoms with van der Waals surface area (Å²) in [7, 11) is 1.61. The summed E-state index contributed by atoms with van der Waals surface area (Å²) in [6.07, 6.45) is 4.99. The second-order valence-electron chi connectivity index (χ2n) is 5.15. The minimum absolute atomic E-state index is 0.180. The van der Waals surface area contributed by atoms with E-state index in [9.17, 15) is 4.79 Å². The molecule has 124 valence electrons. The minimum atomic E-state index is -0.213. The lowest BCUT2D eigenvalue weighted by Crippen LogP contribution is -2.25. The van der Waals surface area contributed by atoms with Crippen molar-refractivity contribution in [2.75, 3.05) is 7.11 Å². The fourth-order valence-electron chi connectivity index (χ4n) is 2.44. The molecular formula is C17H16ClN3O2S. The zero-order valence-electron chi connectivity index (χ0n) is 13.2. The molecule has 3 aromatic rings. The average molecular weight is 362 g/mol. The number of fused-ring (bicyclic) bond motifs is 1. The Morgan fingerprint density at radius 3 is 3.04 bits per heavy atom. The molecule has 1 N–H and O–H groups in total. The van der Waals surface area contributed by atoms with Crippen molar-refractivity contribution in [3.05, 3.63) is 58.3 Å². The molecule has 0 fully saturated rings. The van der Waals surface area contributed by atoms with Gasteiger partial charge in [-0.15, -0.1) is 11.3 Å². The number of amides is 1. The molecule has 0 aliphatic carbocycles. The number of ether oxygens (including phenoxy) is 1. The average Bonchev–Trinajstić information content (AvgIpc) is 3.13. The molecule has 7 heteroatoms. The molecule has 0 radical (unpaired) electrons. The first-order chi connectivity index (χ1) is 11.6. The van der Waals surface area contributed by atoms with Crippen LogP contribution in [0.4, 0.5) is 0 Å². The molecule has 1 atom stereocenters. The van der Waals surface area contributed by atoms with E-state index in [1.54, 1.807) is 13.2 Å². The number of nitrogens with one attached hydrogen (secondary N) is 1. The molecule has 5 nitrogen and oxygen atoms in total. The van der Waals surface area contributed by atoms with E-state index in [4.69, 9.17) is 16.3 Å². The Morgan fingerprint density at radius 2 is 2.25 bits per heavy atom. The topological polar surface area (TPSA) is 55.6 Å². The van der Waals surface area contributed by atoms with Crippen LogP contribution >= 0.6 is 22.9 Å². The van der Waals surface area contributed by atoms with E-state index in [2.05, 4.69) is 10.3 Å². The van der Waals surface area contributed by atoms with Gasteiger partial charge >= 0.3 is 0 Å². The Morgan fingerprint density at radius 1 is 1.46 bits per heavy atom. The van der Waals surface area contributed by atoms with Gasteiger partial charge in [0.15, 0.2) is 10.1 Å². The van der Waals surface area contributed by atoms with Crippen molar-refractivity contribution >= 4 is 39.9 Å². The third-order valence-electron chi connectivity index (χ3n) is 3.61. The lowest BCUT2D eigenvalue weighted by atomic mass is 10.1. The van der Waals surface area contributed by atoms with Gasteiger partial charge in [-0.2, -0.15) is 0 Å². The van der Waals surface area contributed by atoms with Crippen LogP contribution in [0.2, 0.25) is 5.15 Å². The normalized spacial score (nSPS) is 12.6. The van der Waals surface area contributed by atoms with E-state index >= 15 is 0 Å². The van der Waals surface area contributed by atoms with Crippen LogP contribution in [0.15, 0.2) is 41.9 Å². The number of carbonyl (C=O) groups is 1. The van der Waals surface area contributed by atoms with Crippen molar-refractivity contribution in [3.8, 4) is 5.75 Å². The number of para-hydroxylation sites is 1. The molecule has 0 saturated heterocycles. The number of halogens is 1. The Hall–Kier alpha value is -2.31. The lowest BCUT2D eigenvalue weighted by Gasteiger charge is -2.16. The zero-order chi connectivity index (χ0) is 17.1. The van der Waals surface area contributed by atoms with Gasteiger partial charge in [0.25, 0.3) is 0 Å². The van der Waals surface area contributed by atoms with Crippen LogP contribution in [0, 0.1) is 0 Å². The molecule has 0 aliphatic rings. The number of benzene rings is 1. The van der Waals surface area contributed by atoms with Gasteiger partial charge in [-0.3, -0.25) is 9.20 Å². The van der Waals surface area contributed by atoms with E-state index in [1.165, 1.54) is 17.4 Å². The summed E-state index contributed by atoms with van der Waals surface area (Å²) in [5.41, 5.74) is 1.61. The highest BCUT2D eigenvalue weighted by atomic mass is 35.5. The van der Waals surface area contributed by atoms with Crippen LogP contribution in [0.3, 0.4) is 0 Å². The minimum Gasteiger partial charge on any atom is -0.496 e. The summed E-state index contributed by atoms with van der Waals surface area (Å²) < 4.78 is 7.17. The maximum atomic E-state index is 12.2. The molecule has 0 spiro atoms. The summed E-state index contributed by atoms with van der Waals surface area (Å²) in [6, 6.07) is 7.42. The van der Waals surface area contributed by atoms with Crippen molar-refractivity contribution in [2.24, 2.45) is 0 Å². The van der Waals surface area contributed by atoms with Gasteiger partial charge < -0.3 is 10.1 Å². The molecule has 2 aromatic heterocycles. The highest BCUT2D eigenvalue weighted by molar-refractivity contribution is 7.15. The number of aromatic nitrogens is 2. The number of imidazole rings is 1. The van der Waals surface area contributed by atoms with Gasteiger partial charge in [-0.1, -0.05) is 29.8 Å². The summed E-state index contributed by atoms with van der Waals surface area (Å²) in [4.78, 5) is 17.2. The van der Waals surface area contributed by atoms with Crippen molar-refractivity contribution in [2.45, 2.75) is 13.0 Å². The van der Waals surface area contributed by atoms with Gasteiger partial charge in [0.1, 0.15) is 5.75 Å². The molecule has 0 bridgehead atoms. The monoisotopic (exact) mass is 361 g/mol. The first-order valence-electron chi connectivity index (χ1n) is 7.32. The Bertz CT molecular complexity index is 900. The van der Waals surface area contributed by atoms with Crippen molar-refractivity contribution in [1.82, 2.24) is 14.7 Å². The SMILES string of the molecule is COc1ccccc1C(C)NC(=O)/C=C/c1c(Cl)nc2sccn12. The predicted octanol–water partition coefficient (Wildman–Crippen LogP) is 3.95. The highest BCUT2D eigenvalue weighted by Crippen LogP contribution is 2.25. The van der Waals surface area contributed by atoms with Crippen LogP contribution in [0.5, 0.6) is 5.75 Å². The van der Waals surface area contributed by atoms with E-state index in [0.717, 1.165) is 16.3 Å². The lowest BCUT2D eigenvalue weighted by molar-refractivity contribution is -0.117. The fourth-order valence-corrected chi connectivity index (χ4v) is 3.45. The molecule has 24 heavy (non-hydrogen) atoms. The second kappa shape index (κ2) is 7.07. The Kier molecular flexibility index (Phi) is 4.87. The number of rotatable bonds is 5. The third kappa shape index (κ3) is 3.29. The van der Waals surface area contributed by atoms with Crippen LogP contribution < -0.4 is 10.1 Å². The summed E-state index contributed by atoms with van der Waals surface area (Å²) in [5, 5.41) is 5.21. The van der Waals surface area contributed by atoms with Crippen LogP contribution in [-0.2, 0) is 4.79 Å². The Balaban J connectivity index is 1.73. The fraction of sp³-hybridized carbons (Fsp3) is 0.176. The molecule has 0 aliphatic heterocycles. The molecule has 3 rings (SSSR count). The molecule has 1 amide bonds. The number of carbonyl (C=O) groups excluding carboxylic acids is 1. The van der Waals surface area contributed by atoms with Crippen LogP contribution in [0.25, 0.3) is 11.0 Å². The van der Waals surface area contributed by atoms with E-state index in [0.29, 0.717) is 10.8 Å². The Labute approximate surface area is 148 Å². The first-order valence-corrected chi connectivity index (χ1v) is 8.58. The highest BCUT2D eigenvalue weighted by Gasteiger charge is 2.13. The number of thiazole rings is 1. The van der Waals surface area contributed by atoms with Gasteiger partial charge in [-0.05, 0) is 19.1 Å². The molecule has 2 heterocycles. The van der Waals surface area contributed by atoms with Crippen molar-refractivity contribution in [3.63, 3.8) is 0 Å². The molecular weight excluding hydrogens is 346 g/mol. The maximum absolute atomic E-state index is 12.2. The number of methoxy groups -OCH3 is 1. The van der Waals surface area contributed by atoms with E-state index < -0.39 is 0 Å². The van der Waals surface area contributed by atoms with E-state index in [1.807, 2.05) is 47.2 Å². The predicted molar refractivity (Wildman–Crippen MR) is 96.7 cm³/mol. The quantitative estimate of drug-likeness (QED) is 0.700. The van der Waals surface area contributed by atoms with Crippen molar-refractivity contribution < 1.29 is 9.53 Å². The molecule has 1 unspecified atom stereocenters. The largest absolute Gasteiger partial charge is 0.496 e. The van der Waals surface area contributed by atoms with Gasteiger partial charge in [0.05, 0.1) is 18.8 Å². The van der Waals surface area contributed by atoms with Gasteiger partial charge in [-0.25, -0.2) is 4.98 Å². The van der Waals surface area contributed by atoms with Gasteiger partial charge in [0.2, 0.25) is 5.91 Å². The summed E-state index contributed by atoms with van der Waals surface area (Å²) >= 11 is 7.60. The number of nitrogens with zero attached hydrogens (tertiary/aromatic N) is 2. The van der Waals surface area contributed by atoms with Crippen molar-refractivity contribution in [1.29, 1.82) is 0 Å². The van der Waals surface area contributed by atoms with Crippen LogP contribution in [0.1, 0.15) is 24.2 Å². The summed E-state index contributed by atoms with van der Waals surface area (Å²) in [5.74, 6) is 0.530.